The summed E-state index contributed by atoms with van der Waals surface area (Å²) in [6, 6.07) is 17.9. The molecule has 0 N–H and O–H groups in total. The molecule has 2 aliphatic heterocycles. The van der Waals surface area contributed by atoms with Gasteiger partial charge >= 0.3 is 5.97 Å². The molecule has 0 radical (unpaired) electrons. The topological polar surface area (TPSA) is 93.2 Å². The summed E-state index contributed by atoms with van der Waals surface area (Å²) in [5, 5.41) is 0. The first-order valence-electron chi connectivity index (χ1n) is 11.4. The van der Waals surface area contributed by atoms with Gasteiger partial charge < -0.3 is 14.4 Å². The first-order valence-corrected chi connectivity index (χ1v) is 13.2. The molecule has 1 amide bonds. The summed E-state index contributed by atoms with van der Waals surface area (Å²) in [5.74, 6) is -0.941. The third kappa shape index (κ3) is 4.87. The van der Waals surface area contributed by atoms with E-state index in [1.165, 1.54) is 9.21 Å². The number of sulfonamides is 1. The van der Waals surface area contributed by atoms with Crippen LogP contribution in [0, 0.1) is 0 Å². The average molecular weight is 487 g/mol. The first kappa shape index (κ1) is 24.4. The van der Waals surface area contributed by atoms with Crippen molar-refractivity contribution >= 4 is 21.9 Å². The van der Waals surface area contributed by atoms with Gasteiger partial charge in [-0.1, -0.05) is 60.7 Å². The molecule has 0 saturated carbocycles. The Morgan fingerprint density at radius 1 is 1.03 bits per heavy atom. The molecule has 2 fully saturated rings. The van der Waals surface area contributed by atoms with E-state index in [1.807, 2.05) is 60.7 Å². The molecule has 0 unspecified atom stereocenters. The molecule has 0 aromatic heterocycles. The second kappa shape index (κ2) is 9.85. The van der Waals surface area contributed by atoms with Crippen molar-refractivity contribution in [2.75, 3.05) is 19.3 Å². The van der Waals surface area contributed by atoms with Crippen molar-refractivity contribution in [1.82, 2.24) is 9.21 Å². The van der Waals surface area contributed by atoms with Crippen LogP contribution in [0.4, 0.5) is 0 Å². The van der Waals surface area contributed by atoms with Gasteiger partial charge in [-0.2, -0.15) is 4.31 Å². The summed E-state index contributed by atoms with van der Waals surface area (Å²) >= 11 is 0. The summed E-state index contributed by atoms with van der Waals surface area (Å²) in [7, 11) is -3.55. The fourth-order valence-corrected chi connectivity index (χ4v) is 6.13. The summed E-state index contributed by atoms with van der Waals surface area (Å²) in [5.41, 5.74) is 0.666. The van der Waals surface area contributed by atoms with E-state index in [-0.39, 0.29) is 25.7 Å². The van der Waals surface area contributed by atoms with Gasteiger partial charge in [-0.25, -0.2) is 13.2 Å². The highest BCUT2D eigenvalue weighted by molar-refractivity contribution is 7.88. The number of β-lactam (4-membered cyclic amide) rings is 1. The highest BCUT2D eigenvalue weighted by atomic mass is 32.2. The minimum Gasteiger partial charge on any atom is -0.459 e. The van der Waals surface area contributed by atoms with E-state index in [1.54, 1.807) is 6.92 Å². The van der Waals surface area contributed by atoms with Crippen LogP contribution < -0.4 is 0 Å². The lowest BCUT2D eigenvalue weighted by Gasteiger charge is -2.53. The average Bonchev–Trinajstić information content (AvgIpc) is 3.30. The van der Waals surface area contributed by atoms with E-state index in [9.17, 15) is 18.0 Å². The predicted molar refractivity (Wildman–Crippen MR) is 126 cm³/mol. The number of likely N-dealkylation sites (tertiary alicyclic amines) is 1. The third-order valence-corrected chi connectivity index (χ3v) is 7.85. The molecule has 0 bridgehead atoms. The molecule has 2 aliphatic rings. The zero-order valence-corrected chi connectivity index (χ0v) is 20.2. The van der Waals surface area contributed by atoms with E-state index < -0.39 is 33.7 Å². The molecule has 8 nitrogen and oxygen atoms in total. The van der Waals surface area contributed by atoms with Crippen LogP contribution in [0.3, 0.4) is 0 Å². The summed E-state index contributed by atoms with van der Waals surface area (Å²) in [6.07, 6.45) is 1.52. The van der Waals surface area contributed by atoms with Crippen LogP contribution in [0.1, 0.15) is 30.9 Å². The van der Waals surface area contributed by atoms with Crippen molar-refractivity contribution in [2.45, 2.75) is 50.7 Å². The van der Waals surface area contributed by atoms with E-state index in [0.29, 0.717) is 19.4 Å². The number of hydrogen-bond acceptors (Lipinski definition) is 6. The number of amides is 1. The van der Waals surface area contributed by atoms with E-state index in [4.69, 9.17) is 9.47 Å². The van der Waals surface area contributed by atoms with Gasteiger partial charge in [-0.05, 0) is 30.9 Å². The number of nitrogens with zero attached hydrogens (tertiary/aromatic N) is 2. The summed E-state index contributed by atoms with van der Waals surface area (Å²) in [6.45, 7) is 2.53. The normalized spacial score (nSPS) is 22.4. The second-order valence-electron chi connectivity index (χ2n) is 8.94. The van der Waals surface area contributed by atoms with Gasteiger partial charge in [0.25, 0.3) is 0 Å². The maximum Gasteiger partial charge on any atom is 0.331 e. The molecule has 2 saturated heterocycles. The summed E-state index contributed by atoms with van der Waals surface area (Å²) in [4.78, 5) is 28.0. The lowest BCUT2D eigenvalue weighted by molar-refractivity contribution is -0.180. The molecule has 0 aliphatic carbocycles. The van der Waals surface area contributed by atoms with Gasteiger partial charge in [0.05, 0.1) is 25.5 Å². The lowest BCUT2D eigenvalue weighted by atomic mass is 9.84. The van der Waals surface area contributed by atoms with Crippen LogP contribution in [0.5, 0.6) is 0 Å². The Morgan fingerprint density at radius 3 is 2.18 bits per heavy atom. The Labute approximate surface area is 200 Å². The van der Waals surface area contributed by atoms with Crippen LogP contribution in [-0.2, 0) is 42.3 Å². The van der Waals surface area contributed by atoms with Gasteiger partial charge in [0.15, 0.2) is 6.04 Å². The molecule has 3 atom stereocenters. The lowest BCUT2D eigenvalue weighted by Crippen LogP contribution is -2.76. The zero-order valence-electron chi connectivity index (χ0n) is 19.4. The smallest absolute Gasteiger partial charge is 0.331 e. The van der Waals surface area contributed by atoms with Crippen LogP contribution in [0.15, 0.2) is 60.7 Å². The number of carbonyl (C=O) groups excluding carboxylic acids is 2. The van der Waals surface area contributed by atoms with E-state index in [0.717, 1.165) is 17.4 Å². The molecule has 2 aromatic rings. The van der Waals surface area contributed by atoms with Gasteiger partial charge in [0, 0.05) is 6.54 Å². The Bertz CT molecular complexity index is 1120. The Balaban J connectivity index is 1.51. The predicted octanol–water partition coefficient (Wildman–Crippen LogP) is 2.34. The second-order valence-corrected chi connectivity index (χ2v) is 10.9. The maximum absolute atomic E-state index is 13.4. The van der Waals surface area contributed by atoms with Crippen LogP contribution >= 0.6 is 0 Å². The molecular formula is C25H30N2O6S. The quantitative estimate of drug-likeness (QED) is 0.399. The number of benzene rings is 2. The minimum absolute atomic E-state index is 0.0736. The van der Waals surface area contributed by atoms with Crippen LogP contribution in [0.25, 0.3) is 0 Å². The zero-order chi connectivity index (χ0) is 24.3. The summed E-state index contributed by atoms with van der Waals surface area (Å²) < 4.78 is 37.4. The van der Waals surface area contributed by atoms with Crippen molar-refractivity contribution in [3.63, 3.8) is 0 Å². The maximum atomic E-state index is 13.4. The van der Waals surface area contributed by atoms with E-state index in [2.05, 4.69) is 0 Å². The minimum atomic E-state index is -3.55. The standard InChI is InChI=1S/C25H30N2O6S/c1-19(32-16-20-10-5-3-6-11-20)22(23(28)33-17-21-12-7-4-8-13-21)26-18-25(24(26)29)14-9-15-27(25)34(2,30)31/h3-8,10-13,19,22H,9,14-18H2,1-2H3/t19-,22+,25-/m1/s1. The van der Waals surface area contributed by atoms with Crippen molar-refractivity contribution in [1.29, 1.82) is 0 Å². The molecule has 182 valence electrons. The van der Waals surface area contributed by atoms with Crippen LogP contribution in [0.2, 0.25) is 0 Å². The highest BCUT2D eigenvalue weighted by Crippen LogP contribution is 2.42. The molecule has 2 aromatic carbocycles. The van der Waals surface area contributed by atoms with Gasteiger partial charge in [-0.3, -0.25) is 4.79 Å². The Kier molecular flexibility index (Phi) is 7.06. The van der Waals surface area contributed by atoms with Gasteiger partial charge in [0.1, 0.15) is 12.1 Å². The largest absolute Gasteiger partial charge is 0.459 e. The third-order valence-electron chi connectivity index (χ3n) is 6.52. The first-order chi connectivity index (χ1) is 16.2. The monoisotopic (exact) mass is 486 g/mol. The molecule has 34 heavy (non-hydrogen) atoms. The molecular weight excluding hydrogens is 456 g/mol. The Hall–Kier alpha value is -2.75. The molecule has 1 spiro atoms. The Morgan fingerprint density at radius 2 is 1.62 bits per heavy atom. The fraction of sp³-hybridized carbons (Fsp3) is 0.440. The SMILES string of the molecule is C[C@@H](OCc1ccccc1)[C@@H](C(=O)OCc1ccccc1)N1C[C@]2(CCCN2S(C)(=O)=O)C1=O. The molecule has 9 heteroatoms. The number of rotatable bonds is 9. The fourth-order valence-electron chi connectivity index (χ4n) is 4.81. The van der Waals surface area contributed by atoms with Crippen LogP contribution in [-0.4, -0.2) is 66.5 Å². The van der Waals surface area contributed by atoms with E-state index >= 15 is 0 Å². The van der Waals surface area contributed by atoms with Crippen molar-refractivity contribution in [2.24, 2.45) is 0 Å². The molecule has 2 heterocycles. The number of esters is 1. The highest BCUT2D eigenvalue weighted by Gasteiger charge is 2.63. The number of ether oxygens (including phenoxy) is 2. The number of hydrogen-bond donors (Lipinski definition) is 0. The van der Waals surface area contributed by atoms with Crippen molar-refractivity contribution in [3.05, 3.63) is 71.8 Å². The van der Waals surface area contributed by atoms with Gasteiger partial charge in [0.2, 0.25) is 15.9 Å². The van der Waals surface area contributed by atoms with Gasteiger partial charge in [-0.15, -0.1) is 0 Å². The number of carbonyl (C=O) groups is 2. The molecule has 4 rings (SSSR count). The van der Waals surface area contributed by atoms with Crippen molar-refractivity contribution in [3.8, 4) is 0 Å². The van der Waals surface area contributed by atoms with Crippen molar-refractivity contribution < 1.29 is 27.5 Å².